The molecule has 3 rings (SSSR count). The van der Waals surface area contributed by atoms with E-state index in [4.69, 9.17) is 4.74 Å². The Morgan fingerprint density at radius 3 is 2.59 bits per heavy atom. The van der Waals surface area contributed by atoms with Crippen LogP contribution >= 0.6 is 15.9 Å². The molecule has 3 amide bonds. The first-order valence-electron chi connectivity index (χ1n) is 8.86. The molecule has 2 aromatic rings. The van der Waals surface area contributed by atoms with E-state index in [0.29, 0.717) is 19.7 Å². The van der Waals surface area contributed by atoms with Gasteiger partial charge in [-0.25, -0.2) is 4.79 Å². The summed E-state index contributed by atoms with van der Waals surface area (Å²) in [7, 11) is 0. The molecule has 1 aliphatic heterocycles. The van der Waals surface area contributed by atoms with Crippen molar-refractivity contribution in [2.75, 3.05) is 31.6 Å². The van der Waals surface area contributed by atoms with Gasteiger partial charge < -0.3 is 20.3 Å². The van der Waals surface area contributed by atoms with Crippen LogP contribution in [0.5, 0.6) is 0 Å². The van der Waals surface area contributed by atoms with Crippen LogP contribution in [0, 0.1) is 0 Å². The standard InChI is InChI=1S/C20H22BrN3O3/c21-16-6-8-17(9-7-16)23-19(25)10-11-22-20(26)24-12-13-27-18(14-24)15-4-2-1-3-5-15/h1-9,18H,10-14H2,(H,22,26)(H,23,25)/t18-/m1/s1. The van der Waals surface area contributed by atoms with E-state index in [-0.39, 0.29) is 31.0 Å². The van der Waals surface area contributed by atoms with Crippen LogP contribution in [-0.4, -0.2) is 43.1 Å². The second kappa shape index (κ2) is 9.53. The van der Waals surface area contributed by atoms with Gasteiger partial charge in [0.15, 0.2) is 0 Å². The number of amides is 3. The Hall–Kier alpha value is -2.38. The van der Waals surface area contributed by atoms with Crippen molar-refractivity contribution >= 4 is 33.6 Å². The van der Waals surface area contributed by atoms with E-state index in [2.05, 4.69) is 26.6 Å². The highest BCUT2D eigenvalue weighted by Crippen LogP contribution is 2.21. The van der Waals surface area contributed by atoms with Crippen molar-refractivity contribution in [3.05, 3.63) is 64.6 Å². The Morgan fingerprint density at radius 2 is 1.85 bits per heavy atom. The highest BCUT2D eigenvalue weighted by Gasteiger charge is 2.25. The van der Waals surface area contributed by atoms with Crippen molar-refractivity contribution in [2.24, 2.45) is 0 Å². The SMILES string of the molecule is O=C(CCNC(=O)N1CCO[C@@H](c2ccccc2)C1)Nc1ccc(Br)cc1. The Morgan fingerprint density at radius 1 is 1.11 bits per heavy atom. The van der Waals surface area contributed by atoms with Gasteiger partial charge in [-0.3, -0.25) is 4.79 Å². The molecule has 27 heavy (non-hydrogen) atoms. The van der Waals surface area contributed by atoms with E-state index < -0.39 is 0 Å². The number of nitrogens with zero attached hydrogens (tertiary/aromatic N) is 1. The minimum atomic E-state index is -0.171. The predicted molar refractivity (Wildman–Crippen MR) is 107 cm³/mol. The molecule has 1 heterocycles. The zero-order chi connectivity index (χ0) is 19.1. The first-order chi connectivity index (χ1) is 13.1. The molecule has 6 nitrogen and oxygen atoms in total. The number of ether oxygens (including phenoxy) is 1. The van der Waals surface area contributed by atoms with Crippen molar-refractivity contribution in [1.29, 1.82) is 0 Å². The number of halogens is 1. The molecular formula is C20H22BrN3O3. The Kier molecular flexibility index (Phi) is 6.84. The molecule has 2 aromatic carbocycles. The fourth-order valence-corrected chi connectivity index (χ4v) is 3.12. The number of carbonyl (C=O) groups excluding carboxylic acids is 2. The highest BCUT2D eigenvalue weighted by molar-refractivity contribution is 9.10. The molecule has 1 saturated heterocycles. The average molecular weight is 432 g/mol. The second-order valence-electron chi connectivity index (χ2n) is 6.25. The smallest absolute Gasteiger partial charge is 0.317 e. The number of hydrogen-bond donors (Lipinski definition) is 2. The third-order valence-electron chi connectivity index (χ3n) is 4.28. The lowest BCUT2D eigenvalue weighted by Gasteiger charge is -2.33. The van der Waals surface area contributed by atoms with E-state index >= 15 is 0 Å². The van der Waals surface area contributed by atoms with E-state index in [0.717, 1.165) is 15.7 Å². The van der Waals surface area contributed by atoms with Crippen LogP contribution in [0.1, 0.15) is 18.1 Å². The van der Waals surface area contributed by atoms with Crippen molar-refractivity contribution in [2.45, 2.75) is 12.5 Å². The number of rotatable bonds is 5. The summed E-state index contributed by atoms with van der Waals surface area (Å²) in [4.78, 5) is 26.1. The van der Waals surface area contributed by atoms with Crippen LogP contribution in [0.4, 0.5) is 10.5 Å². The maximum Gasteiger partial charge on any atom is 0.317 e. The predicted octanol–water partition coefficient (Wildman–Crippen LogP) is 3.56. The van der Waals surface area contributed by atoms with E-state index in [1.165, 1.54) is 0 Å². The van der Waals surface area contributed by atoms with Gasteiger partial charge in [0.05, 0.1) is 13.2 Å². The number of anilines is 1. The number of morpholine rings is 1. The van der Waals surface area contributed by atoms with Gasteiger partial charge in [-0.05, 0) is 29.8 Å². The topological polar surface area (TPSA) is 70.7 Å². The second-order valence-corrected chi connectivity index (χ2v) is 7.17. The molecule has 0 saturated carbocycles. The number of urea groups is 1. The quantitative estimate of drug-likeness (QED) is 0.759. The minimum Gasteiger partial charge on any atom is -0.370 e. The van der Waals surface area contributed by atoms with E-state index in [9.17, 15) is 9.59 Å². The van der Waals surface area contributed by atoms with Gasteiger partial charge in [0.1, 0.15) is 6.10 Å². The van der Waals surface area contributed by atoms with Gasteiger partial charge in [0.25, 0.3) is 0 Å². The minimum absolute atomic E-state index is 0.119. The van der Waals surface area contributed by atoms with Crippen molar-refractivity contribution in [1.82, 2.24) is 10.2 Å². The zero-order valence-electron chi connectivity index (χ0n) is 14.9. The van der Waals surface area contributed by atoms with Crippen LogP contribution in [-0.2, 0) is 9.53 Å². The summed E-state index contributed by atoms with van der Waals surface area (Å²) >= 11 is 3.35. The Labute approximate surface area is 167 Å². The molecule has 1 atom stereocenters. The number of nitrogens with one attached hydrogen (secondary N) is 2. The molecule has 1 aliphatic rings. The van der Waals surface area contributed by atoms with Crippen LogP contribution < -0.4 is 10.6 Å². The molecular weight excluding hydrogens is 410 g/mol. The van der Waals surface area contributed by atoms with Gasteiger partial charge >= 0.3 is 6.03 Å². The molecule has 0 bridgehead atoms. The van der Waals surface area contributed by atoms with Gasteiger partial charge in [0, 0.05) is 29.7 Å². The lowest BCUT2D eigenvalue weighted by molar-refractivity contribution is -0.116. The molecule has 0 spiro atoms. The number of carbonyl (C=O) groups is 2. The van der Waals surface area contributed by atoms with Crippen LogP contribution in [0.25, 0.3) is 0 Å². The van der Waals surface area contributed by atoms with Gasteiger partial charge in [0.2, 0.25) is 5.91 Å². The first kappa shape index (κ1) is 19.4. The summed E-state index contributed by atoms with van der Waals surface area (Å²) in [5.41, 5.74) is 1.79. The normalized spacial score (nSPS) is 16.6. The average Bonchev–Trinajstić information content (AvgIpc) is 2.70. The van der Waals surface area contributed by atoms with Crippen molar-refractivity contribution in [3.63, 3.8) is 0 Å². The van der Waals surface area contributed by atoms with Gasteiger partial charge in [-0.15, -0.1) is 0 Å². The molecule has 2 N–H and O–H groups in total. The monoisotopic (exact) mass is 431 g/mol. The molecule has 0 radical (unpaired) electrons. The van der Waals surface area contributed by atoms with Crippen molar-refractivity contribution in [3.8, 4) is 0 Å². The first-order valence-corrected chi connectivity index (χ1v) is 9.66. The third kappa shape index (κ3) is 5.80. The van der Waals surface area contributed by atoms with Crippen LogP contribution in [0.2, 0.25) is 0 Å². The van der Waals surface area contributed by atoms with Crippen LogP contribution in [0.3, 0.4) is 0 Å². The largest absolute Gasteiger partial charge is 0.370 e. The Balaban J connectivity index is 1.42. The lowest BCUT2D eigenvalue weighted by Crippen LogP contribution is -2.47. The zero-order valence-corrected chi connectivity index (χ0v) is 16.4. The summed E-state index contributed by atoms with van der Waals surface area (Å²) in [5, 5.41) is 5.62. The molecule has 0 aromatic heterocycles. The van der Waals surface area contributed by atoms with Crippen molar-refractivity contribution < 1.29 is 14.3 Å². The summed E-state index contributed by atoms with van der Waals surface area (Å²) < 4.78 is 6.72. The van der Waals surface area contributed by atoms with Gasteiger partial charge in [-0.2, -0.15) is 0 Å². The maximum absolute atomic E-state index is 12.4. The maximum atomic E-state index is 12.4. The fraction of sp³-hybridized carbons (Fsp3) is 0.300. The third-order valence-corrected chi connectivity index (χ3v) is 4.81. The molecule has 0 unspecified atom stereocenters. The van der Waals surface area contributed by atoms with Gasteiger partial charge in [-0.1, -0.05) is 46.3 Å². The highest BCUT2D eigenvalue weighted by atomic mass is 79.9. The van der Waals surface area contributed by atoms with Crippen LogP contribution in [0.15, 0.2) is 59.1 Å². The number of hydrogen-bond acceptors (Lipinski definition) is 3. The Bertz CT molecular complexity index is 768. The molecule has 0 aliphatic carbocycles. The summed E-state index contributed by atoms with van der Waals surface area (Å²) in [6, 6.07) is 17.1. The van der Waals surface area contributed by atoms with E-state index in [1.54, 1.807) is 4.90 Å². The summed E-state index contributed by atoms with van der Waals surface area (Å²) in [6.07, 6.45) is 0.0975. The summed E-state index contributed by atoms with van der Waals surface area (Å²) in [5.74, 6) is -0.137. The lowest BCUT2D eigenvalue weighted by atomic mass is 10.1. The molecule has 7 heteroatoms. The summed E-state index contributed by atoms with van der Waals surface area (Å²) in [6.45, 7) is 1.83. The molecule has 1 fully saturated rings. The number of benzene rings is 2. The van der Waals surface area contributed by atoms with E-state index in [1.807, 2.05) is 54.6 Å². The molecule has 142 valence electrons. The fourth-order valence-electron chi connectivity index (χ4n) is 2.85.